The molecule has 0 heterocycles. The molecule has 0 aromatic heterocycles. The third kappa shape index (κ3) is 7.07. The Kier molecular flexibility index (Phi) is 7.95. The monoisotopic (exact) mass is 396 g/mol. The number of carboxylic acid groups (broad SMARTS) is 1. The Hall–Kier alpha value is -3.15. The molecule has 0 aliphatic carbocycles. The van der Waals surface area contributed by atoms with Crippen LogP contribution in [0.15, 0.2) is 54.6 Å². The maximum Gasteiger partial charge on any atom is 0.326 e. The van der Waals surface area contributed by atoms with Gasteiger partial charge in [-0.1, -0.05) is 68.4 Å². The number of benzene rings is 2. The van der Waals surface area contributed by atoms with E-state index in [0.717, 1.165) is 16.7 Å². The molecule has 2 aromatic rings. The zero-order valence-electron chi connectivity index (χ0n) is 17.0. The Morgan fingerprint density at radius 3 is 1.97 bits per heavy atom. The average Bonchev–Trinajstić information content (AvgIpc) is 2.67. The topological polar surface area (TPSA) is 95.5 Å². The third-order valence-electron chi connectivity index (χ3n) is 4.52. The van der Waals surface area contributed by atoms with E-state index in [1.807, 2.05) is 68.4 Å². The van der Waals surface area contributed by atoms with Gasteiger partial charge in [0.25, 0.3) is 0 Å². The van der Waals surface area contributed by atoms with Crippen LogP contribution in [0.25, 0.3) is 11.1 Å². The molecule has 0 fully saturated rings. The molecule has 2 atom stereocenters. The van der Waals surface area contributed by atoms with Crippen molar-refractivity contribution in [3.8, 4) is 11.1 Å². The van der Waals surface area contributed by atoms with Crippen LogP contribution >= 0.6 is 0 Å². The molecule has 6 heteroatoms. The molecule has 2 aromatic carbocycles. The lowest BCUT2D eigenvalue weighted by atomic mass is 9.99. The minimum Gasteiger partial charge on any atom is -0.480 e. The zero-order chi connectivity index (χ0) is 21.4. The van der Waals surface area contributed by atoms with Crippen molar-refractivity contribution in [2.45, 2.75) is 45.7 Å². The van der Waals surface area contributed by atoms with Crippen molar-refractivity contribution in [1.82, 2.24) is 10.6 Å². The van der Waals surface area contributed by atoms with E-state index in [1.165, 1.54) is 6.92 Å². The Morgan fingerprint density at radius 1 is 0.862 bits per heavy atom. The molecule has 2 rings (SSSR count). The molecule has 0 aliphatic heterocycles. The Balaban J connectivity index is 2.08. The quantitative estimate of drug-likeness (QED) is 0.607. The van der Waals surface area contributed by atoms with Gasteiger partial charge in [0.05, 0.1) is 0 Å². The van der Waals surface area contributed by atoms with Gasteiger partial charge in [0.2, 0.25) is 11.8 Å². The fourth-order valence-corrected chi connectivity index (χ4v) is 3.12. The number of aliphatic carboxylic acids is 1. The molecule has 0 unspecified atom stereocenters. The molecule has 0 spiro atoms. The summed E-state index contributed by atoms with van der Waals surface area (Å²) in [6, 6.07) is 15.7. The van der Waals surface area contributed by atoms with Crippen molar-refractivity contribution in [2.24, 2.45) is 5.92 Å². The summed E-state index contributed by atoms with van der Waals surface area (Å²) in [4.78, 5) is 35.7. The van der Waals surface area contributed by atoms with Crippen LogP contribution in [0.4, 0.5) is 0 Å². The third-order valence-corrected chi connectivity index (χ3v) is 4.52. The van der Waals surface area contributed by atoms with Crippen molar-refractivity contribution in [1.29, 1.82) is 0 Å². The smallest absolute Gasteiger partial charge is 0.326 e. The second-order valence-corrected chi connectivity index (χ2v) is 7.55. The first-order valence-corrected chi connectivity index (χ1v) is 9.71. The first kappa shape index (κ1) is 22.1. The SMILES string of the molecule is CC(=O)N[C@@H](CC(C)C)C(=O)N[C@@H](Cc1ccc(-c2ccccc2)cc1)C(=O)O. The number of nitrogens with one attached hydrogen (secondary N) is 2. The highest BCUT2D eigenvalue weighted by Gasteiger charge is 2.26. The highest BCUT2D eigenvalue weighted by Crippen LogP contribution is 2.19. The predicted molar refractivity (Wildman–Crippen MR) is 112 cm³/mol. The number of rotatable bonds is 9. The maximum atomic E-state index is 12.6. The van der Waals surface area contributed by atoms with Crippen LogP contribution in [0.2, 0.25) is 0 Å². The Morgan fingerprint density at radius 2 is 1.45 bits per heavy atom. The van der Waals surface area contributed by atoms with Crippen LogP contribution < -0.4 is 10.6 Å². The summed E-state index contributed by atoms with van der Waals surface area (Å²) in [5, 5.41) is 14.7. The highest BCUT2D eigenvalue weighted by atomic mass is 16.4. The van der Waals surface area contributed by atoms with Gasteiger partial charge in [-0.2, -0.15) is 0 Å². The van der Waals surface area contributed by atoms with E-state index in [0.29, 0.717) is 6.42 Å². The zero-order valence-corrected chi connectivity index (χ0v) is 17.0. The second-order valence-electron chi connectivity index (χ2n) is 7.55. The average molecular weight is 396 g/mol. The minimum absolute atomic E-state index is 0.157. The number of hydrogen-bond acceptors (Lipinski definition) is 3. The second kappa shape index (κ2) is 10.4. The van der Waals surface area contributed by atoms with Crippen LogP contribution in [0.3, 0.4) is 0 Å². The van der Waals surface area contributed by atoms with Gasteiger partial charge < -0.3 is 15.7 Å². The lowest BCUT2D eigenvalue weighted by Crippen LogP contribution is -2.52. The largest absolute Gasteiger partial charge is 0.480 e. The van der Waals surface area contributed by atoms with E-state index in [2.05, 4.69) is 10.6 Å². The van der Waals surface area contributed by atoms with Gasteiger partial charge in [-0.25, -0.2) is 4.79 Å². The fraction of sp³-hybridized carbons (Fsp3) is 0.348. The molecule has 29 heavy (non-hydrogen) atoms. The van der Waals surface area contributed by atoms with Crippen LogP contribution in [-0.2, 0) is 20.8 Å². The number of carbonyl (C=O) groups excluding carboxylic acids is 2. The molecule has 0 bridgehead atoms. The summed E-state index contributed by atoms with van der Waals surface area (Å²) < 4.78 is 0. The van der Waals surface area contributed by atoms with Crippen LogP contribution in [0, 0.1) is 5.92 Å². The first-order valence-electron chi connectivity index (χ1n) is 9.71. The molecule has 0 radical (unpaired) electrons. The van der Waals surface area contributed by atoms with Crippen LogP contribution in [-0.4, -0.2) is 35.0 Å². The van der Waals surface area contributed by atoms with Gasteiger partial charge in [-0.3, -0.25) is 9.59 Å². The van der Waals surface area contributed by atoms with Gasteiger partial charge in [0.15, 0.2) is 0 Å². The Labute approximate surface area is 171 Å². The van der Waals surface area contributed by atoms with Crippen molar-refractivity contribution >= 4 is 17.8 Å². The lowest BCUT2D eigenvalue weighted by Gasteiger charge is -2.22. The normalized spacial score (nSPS) is 12.8. The van der Waals surface area contributed by atoms with E-state index in [4.69, 9.17) is 0 Å². The molecular weight excluding hydrogens is 368 g/mol. The number of carbonyl (C=O) groups is 3. The Bertz CT molecular complexity index is 832. The number of amides is 2. The van der Waals surface area contributed by atoms with Crippen molar-refractivity contribution in [3.63, 3.8) is 0 Å². The van der Waals surface area contributed by atoms with Crippen molar-refractivity contribution in [3.05, 3.63) is 60.2 Å². The fourth-order valence-electron chi connectivity index (χ4n) is 3.12. The van der Waals surface area contributed by atoms with E-state index in [1.54, 1.807) is 0 Å². The number of carboxylic acids is 1. The van der Waals surface area contributed by atoms with E-state index in [9.17, 15) is 19.5 Å². The van der Waals surface area contributed by atoms with Gasteiger partial charge >= 0.3 is 5.97 Å². The van der Waals surface area contributed by atoms with Crippen molar-refractivity contribution in [2.75, 3.05) is 0 Å². The van der Waals surface area contributed by atoms with Gasteiger partial charge in [0.1, 0.15) is 12.1 Å². The standard InChI is InChI=1S/C23H28N2O4/c1-15(2)13-20(24-16(3)26)22(27)25-21(23(28)29)14-17-9-11-19(12-10-17)18-7-5-4-6-8-18/h4-12,15,20-21H,13-14H2,1-3H3,(H,24,26)(H,25,27)(H,28,29)/t20-,21-/m0/s1. The molecule has 2 amide bonds. The van der Waals surface area contributed by atoms with Crippen LogP contribution in [0.1, 0.15) is 32.8 Å². The van der Waals surface area contributed by atoms with E-state index < -0.39 is 24.0 Å². The summed E-state index contributed by atoms with van der Waals surface area (Å²) in [5.41, 5.74) is 2.92. The molecular formula is C23H28N2O4. The first-order chi connectivity index (χ1) is 13.8. The maximum absolute atomic E-state index is 12.6. The molecule has 3 N–H and O–H groups in total. The summed E-state index contributed by atoms with van der Waals surface area (Å²) in [7, 11) is 0. The molecule has 6 nitrogen and oxygen atoms in total. The van der Waals surface area contributed by atoms with Gasteiger partial charge in [-0.05, 0) is 29.0 Å². The molecule has 0 saturated carbocycles. The summed E-state index contributed by atoms with van der Waals surface area (Å²) in [5.74, 6) is -1.75. The summed E-state index contributed by atoms with van der Waals surface area (Å²) in [6.45, 7) is 5.21. The summed E-state index contributed by atoms with van der Waals surface area (Å²) in [6.07, 6.45) is 0.591. The molecule has 0 aliphatic rings. The van der Waals surface area contributed by atoms with E-state index >= 15 is 0 Å². The highest BCUT2D eigenvalue weighted by molar-refractivity contribution is 5.90. The summed E-state index contributed by atoms with van der Waals surface area (Å²) >= 11 is 0. The number of hydrogen-bond donors (Lipinski definition) is 3. The molecule has 0 saturated heterocycles. The van der Waals surface area contributed by atoms with Crippen LogP contribution in [0.5, 0.6) is 0 Å². The predicted octanol–water partition coefficient (Wildman–Crippen LogP) is 3.02. The molecule has 154 valence electrons. The van der Waals surface area contributed by atoms with Crippen molar-refractivity contribution < 1.29 is 19.5 Å². The van der Waals surface area contributed by atoms with Gasteiger partial charge in [0, 0.05) is 13.3 Å². The minimum atomic E-state index is -1.11. The van der Waals surface area contributed by atoms with Gasteiger partial charge in [-0.15, -0.1) is 0 Å². The lowest BCUT2D eigenvalue weighted by molar-refractivity contribution is -0.142. The van der Waals surface area contributed by atoms with E-state index in [-0.39, 0.29) is 18.2 Å².